The molecule has 3 nitrogen and oxygen atoms in total. The molecule has 0 fully saturated rings. The molecule has 0 aliphatic rings. The lowest BCUT2D eigenvalue weighted by Gasteiger charge is -2.11. The van der Waals surface area contributed by atoms with E-state index in [1.807, 2.05) is 18.2 Å². The number of fused-ring (bicyclic) bond motifs is 1. The summed E-state index contributed by atoms with van der Waals surface area (Å²) in [7, 11) is 3.23. The lowest BCUT2D eigenvalue weighted by molar-refractivity contribution is 0.354. The van der Waals surface area contributed by atoms with E-state index in [4.69, 9.17) is 9.47 Å². The molecule has 0 saturated carbocycles. The zero-order valence-corrected chi connectivity index (χ0v) is 10.0. The second-order valence-corrected chi connectivity index (χ2v) is 3.79. The summed E-state index contributed by atoms with van der Waals surface area (Å²) in [6, 6.07) is 5.73. The summed E-state index contributed by atoms with van der Waals surface area (Å²) in [5.74, 6) is 1.37. The lowest BCUT2D eigenvalue weighted by Crippen LogP contribution is -1.93. The largest absolute Gasteiger partial charge is 0.493 e. The molecule has 78 valence electrons. The first-order valence-electron chi connectivity index (χ1n) is 4.43. The Kier molecular flexibility index (Phi) is 2.77. The van der Waals surface area contributed by atoms with E-state index < -0.39 is 0 Å². The Morgan fingerprint density at radius 1 is 1.27 bits per heavy atom. The van der Waals surface area contributed by atoms with Gasteiger partial charge in [-0.05, 0) is 22.0 Å². The van der Waals surface area contributed by atoms with E-state index in [0.717, 1.165) is 15.4 Å². The van der Waals surface area contributed by atoms with Gasteiger partial charge in [-0.15, -0.1) is 0 Å². The summed E-state index contributed by atoms with van der Waals surface area (Å²) in [4.78, 5) is 4.26. The Morgan fingerprint density at radius 2 is 2.07 bits per heavy atom. The zero-order chi connectivity index (χ0) is 10.8. The molecule has 0 spiro atoms. The first-order chi connectivity index (χ1) is 7.27. The van der Waals surface area contributed by atoms with E-state index >= 15 is 0 Å². The molecule has 1 heterocycles. The number of halogens is 1. The fourth-order valence-electron chi connectivity index (χ4n) is 1.48. The van der Waals surface area contributed by atoms with Gasteiger partial charge in [-0.3, -0.25) is 4.98 Å². The van der Waals surface area contributed by atoms with E-state index in [1.54, 1.807) is 20.4 Å². The number of methoxy groups -OCH3 is 2. The first-order valence-corrected chi connectivity index (χ1v) is 5.22. The lowest BCUT2D eigenvalue weighted by atomic mass is 10.2. The van der Waals surface area contributed by atoms with Crippen molar-refractivity contribution in [3.63, 3.8) is 0 Å². The Morgan fingerprint density at radius 3 is 2.73 bits per heavy atom. The number of hydrogen-bond donors (Lipinski definition) is 0. The van der Waals surface area contributed by atoms with Crippen LogP contribution in [0.4, 0.5) is 0 Å². The van der Waals surface area contributed by atoms with Crippen molar-refractivity contribution in [1.82, 2.24) is 4.98 Å². The minimum atomic E-state index is 0.676. The number of aromatic nitrogens is 1. The number of rotatable bonds is 2. The molecule has 2 aromatic rings. The molecule has 0 atom stereocenters. The zero-order valence-electron chi connectivity index (χ0n) is 8.45. The highest BCUT2D eigenvalue weighted by Gasteiger charge is 2.12. The van der Waals surface area contributed by atoms with Crippen LogP contribution in [0.5, 0.6) is 11.5 Å². The molecule has 0 aliphatic carbocycles. The molecule has 15 heavy (non-hydrogen) atoms. The van der Waals surface area contributed by atoms with Gasteiger partial charge in [0.1, 0.15) is 0 Å². The quantitative estimate of drug-likeness (QED) is 0.838. The van der Waals surface area contributed by atoms with Gasteiger partial charge in [0.25, 0.3) is 0 Å². The van der Waals surface area contributed by atoms with Crippen molar-refractivity contribution in [2.75, 3.05) is 14.2 Å². The molecular weight excluding hydrogens is 258 g/mol. The molecule has 0 aliphatic heterocycles. The van der Waals surface area contributed by atoms with Gasteiger partial charge in [0.05, 0.1) is 24.2 Å². The van der Waals surface area contributed by atoms with Crippen LogP contribution >= 0.6 is 15.9 Å². The molecule has 0 amide bonds. The van der Waals surface area contributed by atoms with E-state index in [-0.39, 0.29) is 0 Å². The van der Waals surface area contributed by atoms with Gasteiger partial charge >= 0.3 is 0 Å². The monoisotopic (exact) mass is 267 g/mol. The number of hydrogen-bond acceptors (Lipinski definition) is 3. The molecule has 0 unspecified atom stereocenters. The van der Waals surface area contributed by atoms with Crippen LogP contribution in [0.3, 0.4) is 0 Å². The van der Waals surface area contributed by atoms with Crippen molar-refractivity contribution in [2.45, 2.75) is 0 Å². The normalized spacial score (nSPS) is 10.3. The van der Waals surface area contributed by atoms with Gasteiger partial charge in [0.2, 0.25) is 0 Å². The first kappa shape index (κ1) is 10.2. The number of ether oxygens (including phenoxy) is 2. The SMILES string of the molecule is COc1cc2ncccc2c(Br)c1OC. The van der Waals surface area contributed by atoms with E-state index in [0.29, 0.717) is 11.5 Å². The minimum Gasteiger partial charge on any atom is -0.493 e. The summed E-state index contributed by atoms with van der Waals surface area (Å²) in [6.07, 6.45) is 1.75. The number of benzene rings is 1. The predicted molar refractivity (Wildman–Crippen MR) is 62.5 cm³/mol. The summed E-state index contributed by atoms with van der Waals surface area (Å²) >= 11 is 3.49. The Hall–Kier alpha value is -1.29. The fourth-order valence-corrected chi connectivity index (χ4v) is 2.17. The predicted octanol–water partition coefficient (Wildman–Crippen LogP) is 3.01. The molecule has 4 heteroatoms. The highest BCUT2D eigenvalue weighted by Crippen LogP contribution is 2.40. The second-order valence-electron chi connectivity index (χ2n) is 3.00. The van der Waals surface area contributed by atoms with Crippen LogP contribution in [0.1, 0.15) is 0 Å². The molecular formula is C11H10BrNO2. The Balaban J connectivity index is 2.81. The highest BCUT2D eigenvalue weighted by atomic mass is 79.9. The maximum absolute atomic E-state index is 5.28. The molecule has 0 N–H and O–H groups in total. The molecule has 0 saturated heterocycles. The standard InChI is InChI=1S/C11H10BrNO2/c1-14-9-6-8-7(4-3-5-13-8)10(12)11(9)15-2/h3-6H,1-2H3. The van der Waals surface area contributed by atoms with Crippen molar-refractivity contribution < 1.29 is 9.47 Å². The van der Waals surface area contributed by atoms with Gasteiger partial charge in [0.15, 0.2) is 11.5 Å². The van der Waals surface area contributed by atoms with Gasteiger partial charge < -0.3 is 9.47 Å². The van der Waals surface area contributed by atoms with Crippen molar-refractivity contribution >= 4 is 26.8 Å². The van der Waals surface area contributed by atoms with Crippen LogP contribution in [0.15, 0.2) is 28.9 Å². The fraction of sp³-hybridized carbons (Fsp3) is 0.182. The number of nitrogens with zero attached hydrogens (tertiary/aromatic N) is 1. The molecule has 1 aromatic carbocycles. The topological polar surface area (TPSA) is 31.4 Å². The third-order valence-corrected chi connectivity index (χ3v) is 2.98. The average Bonchev–Trinajstić information content (AvgIpc) is 2.29. The molecule has 2 rings (SSSR count). The van der Waals surface area contributed by atoms with Crippen molar-refractivity contribution in [2.24, 2.45) is 0 Å². The number of pyridine rings is 1. The minimum absolute atomic E-state index is 0.676. The second kappa shape index (κ2) is 4.06. The third kappa shape index (κ3) is 1.65. The maximum atomic E-state index is 5.28. The van der Waals surface area contributed by atoms with E-state index in [2.05, 4.69) is 20.9 Å². The summed E-state index contributed by atoms with van der Waals surface area (Å²) in [5.41, 5.74) is 0.877. The van der Waals surface area contributed by atoms with Gasteiger partial charge in [0, 0.05) is 17.6 Å². The van der Waals surface area contributed by atoms with Gasteiger partial charge in [-0.2, -0.15) is 0 Å². The van der Waals surface area contributed by atoms with Crippen LogP contribution in [0.25, 0.3) is 10.9 Å². The van der Waals surface area contributed by atoms with Crippen molar-refractivity contribution in [3.8, 4) is 11.5 Å². The third-order valence-electron chi connectivity index (χ3n) is 2.19. The summed E-state index contributed by atoms with van der Waals surface area (Å²) in [5, 5.41) is 1.01. The van der Waals surface area contributed by atoms with Crippen LogP contribution in [-0.4, -0.2) is 19.2 Å². The highest BCUT2D eigenvalue weighted by molar-refractivity contribution is 9.10. The van der Waals surface area contributed by atoms with E-state index in [9.17, 15) is 0 Å². The van der Waals surface area contributed by atoms with Gasteiger partial charge in [-0.1, -0.05) is 6.07 Å². The Bertz CT molecular complexity index is 499. The summed E-state index contributed by atoms with van der Waals surface area (Å²) in [6.45, 7) is 0. The van der Waals surface area contributed by atoms with E-state index in [1.165, 1.54) is 0 Å². The maximum Gasteiger partial charge on any atom is 0.175 e. The van der Waals surface area contributed by atoms with Crippen LogP contribution in [0.2, 0.25) is 0 Å². The molecule has 1 aromatic heterocycles. The smallest absolute Gasteiger partial charge is 0.175 e. The van der Waals surface area contributed by atoms with Crippen molar-refractivity contribution in [3.05, 3.63) is 28.9 Å². The average molecular weight is 268 g/mol. The molecule has 0 bridgehead atoms. The summed E-state index contributed by atoms with van der Waals surface area (Å²) < 4.78 is 11.4. The van der Waals surface area contributed by atoms with Gasteiger partial charge in [-0.25, -0.2) is 0 Å². The van der Waals surface area contributed by atoms with Crippen LogP contribution in [-0.2, 0) is 0 Å². The van der Waals surface area contributed by atoms with Crippen molar-refractivity contribution in [1.29, 1.82) is 0 Å². The Labute approximate surface area is 96.2 Å². The van der Waals surface area contributed by atoms with Crippen LogP contribution in [0, 0.1) is 0 Å². The van der Waals surface area contributed by atoms with Crippen LogP contribution < -0.4 is 9.47 Å². The molecule has 0 radical (unpaired) electrons.